The highest BCUT2D eigenvalue weighted by molar-refractivity contribution is 5.07. The summed E-state index contributed by atoms with van der Waals surface area (Å²) in [5, 5.41) is 14.3. The van der Waals surface area contributed by atoms with E-state index in [0.717, 1.165) is 38.0 Å². The number of nitrogens with zero attached hydrogens (tertiary/aromatic N) is 2. The molecule has 0 unspecified atom stereocenters. The maximum Gasteiger partial charge on any atom is 0.0711 e. The average Bonchev–Trinajstić information content (AvgIpc) is 2.78. The molecule has 0 spiro atoms. The third kappa shape index (κ3) is 4.11. The number of aliphatic hydroxyl groups is 1. The molecule has 2 N–H and O–H groups in total. The molecule has 1 aromatic heterocycles. The third-order valence-electron chi connectivity index (χ3n) is 5.32. The molecule has 0 bridgehead atoms. The van der Waals surface area contributed by atoms with Crippen LogP contribution >= 0.6 is 0 Å². The summed E-state index contributed by atoms with van der Waals surface area (Å²) in [6.45, 7) is 10.9. The fourth-order valence-electron chi connectivity index (χ4n) is 4.70. The molecule has 128 valence electrons. The van der Waals surface area contributed by atoms with Crippen LogP contribution < -0.4 is 5.32 Å². The van der Waals surface area contributed by atoms with Gasteiger partial charge in [0.2, 0.25) is 0 Å². The molecule has 2 fully saturated rings. The van der Waals surface area contributed by atoms with Crippen LogP contribution in [0, 0.1) is 5.92 Å². The fraction of sp³-hybridized carbons (Fsp3) is 0.737. The van der Waals surface area contributed by atoms with Crippen molar-refractivity contribution in [3.8, 4) is 0 Å². The molecule has 23 heavy (non-hydrogen) atoms. The van der Waals surface area contributed by atoms with E-state index in [1.165, 1.54) is 0 Å². The molecule has 3 rings (SSSR count). The van der Waals surface area contributed by atoms with Gasteiger partial charge in [-0.05, 0) is 59.1 Å². The largest absolute Gasteiger partial charge is 0.391 e. The number of hydrogen-bond donors (Lipinski definition) is 2. The minimum absolute atomic E-state index is 0.149. The molecule has 3 heterocycles. The number of aromatic nitrogens is 1. The van der Waals surface area contributed by atoms with E-state index >= 15 is 0 Å². The van der Waals surface area contributed by atoms with Crippen molar-refractivity contribution < 1.29 is 5.11 Å². The van der Waals surface area contributed by atoms with Gasteiger partial charge in [0, 0.05) is 48.0 Å². The summed E-state index contributed by atoms with van der Waals surface area (Å²) in [6, 6.07) is 6.58. The molecule has 2 saturated heterocycles. The smallest absolute Gasteiger partial charge is 0.0711 e. The Kier molecular flexibility index (Phi) is 4.51. The van der Waals surface area contributed by atoms with Gasteiger partial charge in [0.25, 0.3) is 0 Å². The first-order chi connectivity index (χ1) is 10.7. The lowest BCUT2D eigenvalue weighted by Gasteiger charge is -2.49. The number of rotatable bonds is 3. The topological polar surface area (TPSA) is 48.4 Å². The highest BCUT2D eigenvalue weighted by Crippen LogP contribution is 2.34. The summed E-state index contributed by atoms with van der Waals surface area (Å²) >= 11 is 0. The lowest BCUT2D eigenvalue weighted by Crippen LogP contribution is -2.62. The molecule has 2 aliphatic rings. The molecule has 1 aromatic rings. The first-order valence-electron chi connectivity index (χ1n) is 8.85. The normalized spacial score (nSPS) is 31.3. The van der Waals surface area contributed by atoms with Crippen LogP contribution in [0.4, 0.5) is 0 Å². The van der Waals surface area contributed by atoms with Gasteiger partial charge in [-0.2, -0.15) is 0 Å². The first kappa shape index (κ1) is 16.9. The van der Waals surface area contributed by atoms with Crippen LogP contribution in [-0.4, -0.2) is 51.3 Å². The van der Waals surface area contributed by atoms with Crippen molar-refractivity contribution in [3.63, 3.8) is 0 Å². The lowest BCUT2D eigenvalue weighted by molar-refractivity contribution is 0.0704. The zero-order valence-electron chi connectivity index (χ0n) is 14.9. The van der Waals surface area contributed by atoms with Gasteiger partial charge in [-0.3, -0.25) is 9.88 Å². The van der Waals surface area contributed by atoms with E-state index in [4.69, 9.17) is 0 Å². The van der Waals surface area contributed by atoms with Gasteiger partial charge in [-0.1, -0.05) is 6.07 Å². The summed E-state index contributed by atoms with van der Waals surface area (Å²) in [5.41, 5.74) is 1.39. The third-order valence-corrected chi connectivity index (χ3v) is 5.32. The summed E-state index contributed by atoms with van der Waals surface area (Å²) < 4.78 is 0. The van der Waals surface area contributed by atoms with Gasteiger partial charge in [0.15, 0.2) is 0 Å². The van der Waals surface area contributed by atoms with E-state index in [-0.39, 0.29) is 17.2 Å². The molecular weight excluding hydrogens is 286 g/mol. The van der Waals surface area contributed by atoms with Crippen LogP contribution in [-0.2, 0) is 6.42 Å². The van der Waals surface area contributed by atoms with E-state index in [1.807, 2.05) is 18.3 Å². The van der Waals surface area contributed by atoms with Crippen LogP contribution in [0.3, 0.4) is 0 Å². The van der Waals surface area contributed by atoms with Crippen LogP contribution in [0.1, 0.15) is 46.2 Å². The van der Waals surface area contributed by atoms with Crippen LogP contribution in [0.15, 0.2) is 24.4 Å². The second-order valence-corrected chi connectivity index (χ2v) is 8.76. The van der Waals surface area contributed by atoms with Crippen LogP contribution in [0.2, 0.25) is 0 Å². The van der Waals surface area contributed by atoms with Crippen molar-refractivity contribution in [1.82, 2.24) is 15.2 Å². The number of likely N-dealkylation sites (tertiary alicyclic amines) is 1. The molecule has 2 aliphatic heterocycles. The summed E-state index contributed by atoms with van der Waals surface area (Å²) in [6.07, 6.45) is 4.75. The molecule has 2 atom stereocenters. The second kappa shape index (κ2) is 6.15. The highest BCUT2D eigenvalue weighted by atomic mass is 16.3. The maximum atomic E-state index is 10.5. The minimum Gasteiger partial charge on any atom is -0.391 e. The minimum atomic E-state index is -0.238. The van der Waals surface area contributed by atoms with Crippen molar-refractivity contribution in [2.45, 2.75) is 70.2 Å². The molecule has 0 aliphatic carbocycles. The van der Waals surface area contributed by atoms with Gasteiger partial charge >= 0.3 is 0 Å². The molecule has 0 radical (unpaired) electrons. The molecule has 0 amide bonds. The molecule has 4 nitrogen and oxygen atoms in total. The van der Waals surface area contributed by atoms with Crippen molar-refractivity contribution in [2.24, 2.45) is 5.92 Å². The van der Waals surface area contributed by atoms with E-state index in [2.05, 4.69) is 49.0 Å². The van der Waals surface area contributed by atoms with Gasteiger partial charge in [0.1, 0.15) is 0 Å². The van der Waals surface area contributed by atoms with Crippen molar-refractivity contribution in [2.75, 3.05) is 13.1 Å². The Morgan fingerprint density at radius 3 is 2.48 bits per heavy atom. The van der Waals surface area contributed by atoms with Gasteiger partial charge in [0.05, 0.1) is 6.10 Å². The van der Waals surface area contributed by atoms with Crippen molar-refractivity contribution >= 4 is 0 Å². The van der Waals surface area contributed by atoms with E-state index in [0.29, 0.717) is 12.0 Å². The van der Waals surface area contributed by atoms with Gasteiger partial charge < -0.3 is 10.4 Å². The zero-order valence-corrected chi connectivity index (χ0v) is 14.9. The van der Waals surface area contributed by atoms with Crippen molar-refractivity contribution in [1.29, 1.82) is 0 Å². The quantitative estimate of drug-likeness (QED) is 0.897. The summed E-state index contributed by atoms with van der Waals surface area (Å²) in [7, 11) is 0. The van der Waals surface area contributed by atoms with Gasteiger partial charge in [-0.25, -0.2) is 0 Å². The zero-order chi connectivity index (χ0) is 16.7. The molecule has 0 saturated carbocycles. The standard InChI is InChI=1S/C19H31N3O/c1-18(2)10-16(11-19(3,4)21-18)22-12-14(17(23)13-22)9-15-7-5-6-8-20-15/h5-8,14,16-17,21,23H,9-13H2,1-4H3/t14-,17-/m1/s1. The Morgan fingerprint density at radius 2 is 1.87 bits per heavy atom. The number of piperidine rings is 1. The Bertz CT molecular complexity index is 513. The molecule has 4 heteroatoms. The second-order valence-electron chi connectivity index (χ2n) is 8.76. The van der Waals surface area contributed by atoms with E-state index < -0.39 is 0 Å². The number of pyridine rings is 1. The molecule has 0 aromatic carbocycles. The maximum absolute atomic E-state index is 10.5. The molecular formula is C19H31N3O. The van der Waals surface area contributed by atoms with Crippen LogP contribution in [0.5, 0.6) is 0 Å². The number of nitrogens with one attached hydrogen (secondary N) is 1. The monoisotopic (exact) mass is 317 g/mol. The fourth-order valence-corrected chi connectivity index (χ4v) is 4.70. The van der Waals surface area contributed by atoms with Crippen LogP contribution in [0.25, 0.3) is 0 Å². The SMILES string of the molecule is CC1(C)CC(N2C[C@@H](Cc3ccccn3)[C@H](O)C2)CC(C)(C)N1. The van der Waals surface area contributed by atoms with Gasteiger partial charge in [-0.15, -0.1) is 0 Å². The van der Waals surface area contributed by atoms with Crippen molar-refractivity contribution in [3.05, 3.63) is 30.1 Å². The summed E-state index contributed by atoms with van der Waals surface area (Å²) in [4.78, 5) is 6.94. The number of aliphatic hydroxyl groups excluding tert-OH is 1. The summed E-state index contributed by atoms with van der Waals surface area (Å²) in [5.74, 6) is 0.297. The number of hydrogen-bond acceptors (Lipinski definition) is 4. The first-order valence-corrected chi connectivity index (χ1v) is 8.85. The predicted octanol–water partition coefficient (Wildman–Crippen LogP) is 2.23. The van der Waals surface area contributed by atoms with E-state index in [1.54, 1.807) is 0 Å². The van der Waals surface area contributed by atoms with E-state index in [9.17, 15) is 5.11 Å². The Labute approximate surface area is 140 Å². The number of β-amino-alcohol motifs (C(OH)–C–C–N with tert-alkyl or cyclic N) is 1. The lowest BCUT2D eigenvalue weighted by atomic mass is 9.79. The Balaban J connectivity index is 1.66. The predicted molar refractivity (Wildman–Crippen MR) is 93.3 cm³/mol. The highest BCUT2D eigenvalue weighted by Gasteiger charge is 2.43. The average molecular weight is 317 g/mol. The Morgan fingerprint density at radius 1 is 1.17 bits per heavy atom. The Hall–Kier alpha value is -0.970.